The highest BCUT2D eigenvalue weighted by molar-refractivity contribution is 5.68. The van der Waals surface area contributed by atoms with Gasteiger partial charge in [0.25, 0.3) is 0 Å². The number of aryl methyl sites for hydroxylation is 1. The van der Waals surface area contributed by atoms with Crippen molar-refractivity contribution in [3.8, 4) is 11.3 Å². The molecule has 0 amide bonds. The van der Waals surface area contributed by atoms with Crippen molar-refractivity contribution in [2.24, 2.45) is 0 Å². The van der Waals surface area contributed by atoms with Crippen molar-refractivity contribution in [1.29, 1.82) is 0 Å². The van der Waals surface area contributed by atoms with Crippen molar-refractivity contribution in [3.63, 3.8) is 0 Å². The van der Waals surface area contributed by atoms with Crippen LogP contribution in [-0.4, -0.2) is 27.9 Å². The number of ether oxygens (including phenoxy) is 1. The van der Waals surface area contributed by atoms with E-state index in [0.717, 1.165) is 11.3 Å². The molecule has 0 N–H and O–H groups in total. The van der Waals surface area contributed by atoms with Gasteiger partial charge in [0.1, 0.15) is 12.6 Å². The fourth-order valence-electron chi connectivity index (χ4n) is 1.56. The average Bonchev–Trinajstić information content (AvgIpc) is 2.47. The zero-order valence-corrected chi connectivity index (χ0v) is 10.7. The van der Waals surface area contributed by atoms with Gasteiger partial charge in [0.15, 0.2) is 12.7 Å². The lowest BCUT2D eigenvalue weighted by Crippen LogP contribution is -2.38. The summed E-state index contributed by atoms with van der Waals surface area (Å²) in [6.07, 6.45) is 5.45. The van der Waals surface area contributed by atoms with E-state index in [1.54, 1.807) is 24.0 Å². The van der Waals surface area contributed by atoms with Crippen molar-refractivity contribution < 1.29 is 14.2 Å². The molecule has 19 heavy (non-hydrogen) atoms. The third-order valence-electron chi connectivity index (χ3n) is 2.49. The molecule has 0 aliphatic carbocycles. The van der Waals surface area contributed by atoms with Crippen LogP contribution in [-0.2, 0) is 16.1 Å². The summed E-state index contributed by atoms with van der Waals surface area (Å²) in [5.74, 6) is -0.213. The molecular formula is C13H15N4O2+. The molecule has 6 heteroatoms. The van der Waals surface area contributed by atoms with Gasteiger partial charge in [-0.25, -0.2) is 0 Å². The van der Waals surface area contributed by atoms with Gasteiger partial charge in [-0.1, -0.05) is 4.68 Å². The monoisotopic (exact) mass is 259 g/mol. The zero-order valence-electron chi connectivity index (χ0n) is 10.7. The van der Waals surface area contributed by atoms with Crippen LogP contribution in [0.4, 0.5) is 0 Å². The summed E-state index contributed by atoms with van der Waals surface area (Å²) < 4.78 is 6.55. The van der Waals surface area contributed by atoms with Gasteiger partial charge < -0.3 is 4.74 Å². The second-order valence-electron chi connectivity index (χ2n) is 3.84. The Morgan fingerprint density at radius 3 is 2.95 bits per heavy atom. The summed E-state index contributed by atoms with van der Waals surface area (Å²) in [6, 6.07) is 5.58. The van der Waals surface area contributed by atoms with Gasteiger partial charge in [-0.3, -0.25) is 4.79 Å². The molecule has 2 heterocycles. The van der Waals surface area contributed by atoms with E-state index in [1.165, 1.54) is 0 Å². The third kappa shape index (κ3) is 3.80. The molecule has 0 bridgehead atoms. The van der Waals surface area contributed by atoms with Crippen LogP contribution in [0.2, 0.25) is 0 Å². The van der Waals surface area contributed by atoms with Crippen LogP contribution in [0.15, 0.2) is 36.8 Å². The minimum Gasteiger partial charge on any atom is -0.466 e. The SMILES string of the molecule is CCOC(=O)CC[n+]1ccc(-c2cccnn2)cn1. The highest BCUT2D eigenvalue weighted by Gasteiger charge is 2.09. The Morgan fingerprint density at radius 2 is 2.32 bits per heavy atom. The molecular weight excluding hydrogens is 244 g/mol. The summed E-state index contributed by atoms with van der Waals surface area (Å²) >= 11 is 0. The van der Waals surface area contributed by atoms with Crippen LogP contribution in [0.3, 0.4) is 0 Å². The maximum absolute atomic E-state index is 11.2. The maximum atomic E-state index is 11.2. The molecule has 0 aliphatic heterocycles. The van der Waals surface area contributed by atoms with Crippen LogP contribution in [0, 0.1) is 0 Å². The van der Waals surface area contributed by atoms with E-state index in [2.05, 4.69) is 15.3 Å². The molecule has 98 valence electrons. The molecule has 0 aliphatic rings. The van der Waals surface area contributed by atoms with Crippen LogP contribution in [0.1, 0.15) is 13.3 Å². The highest BCUT2D eigenvalue weighted by atomic mass is 16.5. The van der Waals surface area contributed by atoms with Crippen molar-refractivity contribution in [2.45, 2.75) is 19.9 Å². The third-order valence-corrected chi connectivity index (χ3v) is 2.49. The largest absolute Gasteiger partial charge is 0.466 e. The predicted molar refractivity (Wildman–Crippen MR) is 66.7 cm³/mol. The van der Waals surface area contributed by atoms with Gasteiger partial charge in [-0.15, -0.1) is 0 Å². The standard InChI is InChI=1S/C13H15N4O2/c1-2-19-13(18)6-9-17-8-5-11(10-15-17)12-4-3-7-14-16-12/h3-5,7-8,10H,2,6,9H2,1H3/q+1. The lowest BCUT2D eigenvalue weighted by atomic mass is 10.2. The van der Waals surface area contributed by atoms with E-state index < -0.39 is 0 Å². The number of carbonyl (C=O) groups excluding carboxylic acids is 1. The van der Waals surface area contributed by atoms with Gasteiger partial charge in [0.05, 0.1) is 12.3 Å². The molecule has 0 saturated carbocycles. The van der Waals surface area contributed by atoms with Gasteiger partial charge >= 0.3 is 5.97 Å². The Morgan fingerprint density at radius 1 is 1.42 bits per heavy atom. The average molecular weight is 259 g/mol. The molecule has 0 spiro atoms. The van der Waals surface area contributed by atoms with Crippen LogP contribution >= 0.6 is 0 Å². The van der Waals surface area contributed by atoms with Crippen molar-refractivity contribution in [2.75, 3.05) is 6.61 Å². The molecule has 2 aromatic heterocycles. The first kappa shape index (κ1) is 13.1. The molecule has 0 saturated heterocycles. The summed E-state index contributed by atoms with van der Waals surface area (Å²) in [7, 11) is 0. The second-order valence-corrected chi connectivity index (χ2v) is 3.84. The van der Waals surface area contributed by atoms with E-state index in [9.17, 15) is 4.79 Å². The van der Waals surface area contributed by atoms with Gasteiger partial charge in [0.2, 0.25) is 0 Å². The van der Waals surface area contributed by atoms with E-state index >= 15 is 0 Å². The van der Waals surface area contributed by atoms with Crippen molar-refractivity contribution in [3.05, 3.63) is 36.8 Å². The first-order valence-electron chi connectivity index (χ1n) is 6.09. The first-order chi connectivity index (χ1) is 9.29. The van der Waals surface area contributed by atoms with Crippen LogP contribution in [0.5, 0.6) is 0 Å². The molecule has 0 atom stereocenters. The summed E-state index contributed by atoms with van der Waals surface area (Å²) in [5, 5.41) is 12.0. The normalized spacial score (nSPS) is 10.2. The van der Waals surface area contributed by atoms with E-state index in [0.29, 0.717) is 19.6 Å². The van der Waals surface area contributed by atoms with Gasteiger partial charge in [0, 0.05) is 17.8 Å². The molecule has 0 unspecified atom stereocenters. The Kier molecular flexibility index (Phi) is 4.49. The maximum Gasteiger partial charge on any atom is 0.312 e. The zero-order chi connectivity index (χ0) is 13.5. The van der Waals surface area contributed by atoms with Gasteiger partial charge in [-0.2, -0.15) is 10.2 Å². The highest BCUT2D eigenvalue weighted by Crippen LogP contribution is 2.11. The van der Waals surface area contributed by atoms with Crippen molar-refractivity contribution >= 4 is 5.97 Å². The lowest BCUT2D eigenvalue weighted by Gasteiger charge is -1.99. The topological polar surface area (TPSA) is 68.8 Å². The van der Waals surface area contributed by atoms with Crippen molar-refractivity contribution in [1.82, 2.24) is 15.3 Å². The number of hydrogen-bond donors (Lipinski definition) is 0. The molecule has 0 aromatic carbocycles. The Balaban J connectivity index is 1.97. The lowest BCUT2D eigenvalue weighted by molar-refractivity contribution is -0.752. The fraction of sp³-hybridized carbons (Fsp3) is 0.308. The minimum atomic E-state index is -0.213. The summed E-state index contributed by atoms with van der Waals surface area (Å²) in [5.41, 5.74) is 1.66. The Hall–Kier alpha value is -2.37. The number of nitrogens with zero attached hydrogens (tertiary/aromatic N) is 4. The first-order valence-corrected chi connectivity index (χ1v) is 6.09. The van der Waals surface area contributed by atoms with E-state index in [-0.39, 0.29) is 5.97 Å². The number of aromatic nitrogens is 4. The van der Waals surface area contributed by atoms with E-state index in [4.69, 9.17) is 4.74 Å². The number of esters is 1. The fourth-order valence-corrected chi connectivity index (χ4v) is 1.56. The number of carbonyl (C=O) groups is 1. The smallest absolute Gasteiger partial charge is 0.312 e. The minimum absolute atomic E-state index is 0.213. The molecule has 6 nitrogen and oxygen atoms in total. The number of rotatable bonds is 5. The molecule has 0 radical (unpaired) electrons. The second kappa shape index (κ2) is 6.53. The quantitative estimate of drug-likeness (QED) is 0.586. The Bertz CT molecular complexity index is 528. The molecule has 2 aromatic rings. The Labute approximate surface area is 111 Å². The van der Waals surface area contributed by atoms with Crippen LogP contribution in [0.25, 0.3) is 11.3 Å². The molecule has 0 fully saturated rings. The van der Waals surface area contributed by atoms with Gasteiger partial charge in [-0.05, 0) is 24.2 Å². The summed E-state index contributed by atoms with van der Waals surface area (Å²) in [6.45, 7) is 2.70. The van der Waals surface area contributed by atoms with E-state index in [1.807, 2.05) is 24.4 Å². The van der Waals surface area contributed by atoms with Crippen LogP contribution < -0.4 is 4.68 Å². The molecule has 2 rings (SSSR count). The predicted octanol–water partition coefficient (Wildman–Crippen LogP) is 0.779. The summed E-state index contributed by atoms with van der Waals surface area (Å²) in [4.78, 5) is 11.2. The number of hydrogen-bond acceptors (Lipinski definition) is 5.